The van der Waals surface area contributed by atoms with Crippen LogP contribution in [0.2, 0.25) is 0 Å². The first-order valence-electron chi connectivity index (χ1n) is 21.4. The van der Waals surface area contributed by atoms with Gasteiger partial charge in [0.15, 0.2) is 0 Å². The summed E-state index contributed by atoms with van der Waals surface area (Å²) in [7, 11) is 0. The Balaban J connectivity index is 1.58. The fourth-order valence-electron chi connectivity index (χ4n) is 7.22. The number of anilines is 4. The van der Waals surface area contributed by atoms with Crippen molar-refractivity contribution < 1.29 is 0 Å². The molecule has 0 amide bonds. The zero-order chi connectivity index (χ0) is 41.3. The van der Waals surface area contributed by atoms with Crippen LogP contribution in [0.4, 0.5) is 22.7 Å². The Hall–Kier alpha value is -5.88. The van der Waals surface area contributed by atoms with Crippen LogP contribution < -0.4 is 19.6 Å². The van der Waals surface area contributed by atoms with Crippen LogP contribution in [0.15, 0.2) is 97.1 Å². The van der Waals surface area contributed by atoms with E-state index < -0.39 is 0 Å². The van der Waals surface area contributed by atoms with Crippen molar-refractivity contribution in [1.29, 1.82) is 0 Å². The lowest BCUT2D eigenvalue weighted by Gasteiger charge is -2.20. The minimum Gasteiger partial charge on any atom is -0.372 e. The third-order valence-corrected chi connectivity index (χ3v) is 10.8. The van der Waals surface area contributed by atoms with Crippen molar-refractivity contribution in [2.75, 3.05) is 72.0 Å². The number of aromatic nitrogens is 2. The second kappa shape index (κ2) is 22.2. The molecular weight excluding hydrogens is 709 g/mol. The first-order valence-corrected chi connectivity index (χ1v) is 21.4. The van der Waals surface area contributed by atoms with Gasteiger partial charge in [0.05, 0.1) is 22.8 Å². The molecule has 0 aliphatic heterocycles. The van der Waals surface area contributed by atoms with Gasteiger partial charge in [-0.05, 0) is 150 Å². The van der Waals surface area contributed by atoms with Gasteiger partial charge in [0.25, 0.3) is 0 Å². The molecule has 0 fully saturated rings. The molecule has 58 heavy (non-hydrogen) atoms. The van der Waals surface area contributed by atoms with Gasteiger partial charge in [0.2, 0.25) is 0 Å². The Labute approximate surface area is 349 Å². The van der Waals surface area contributed by atoms with Crippen LogP contribution in [0, 0.1) is 0 Å². The van der Waals surface area contributed by atoms with E-state index >= 15 is 0 Å². The maximum atomic E-state index is 5.32. The highest BCUT2D eigenvalue weighted by Gasteiger charge is 2.10. The highest BCUT2D eigenvalue weighted by molar-refractivity contribution is 5.82. The van der Waals surface area contributed by atoms with E-state index in [0.717, 1.165) is 97.4 Å². The number of rotatable bonds is 20. The van der Waals surface area contributed by atoms with Crippen LogP contribution >= 0.6 is 0 Å². The summed E-state index contributed by atoms with van der Waals surface area (Å²) in [6.07, 6.45) is 16.9. The predicted octanol–water partition coefficient (Wildman–Crippen LogP) is 12.5. The molecule has 0 aliphatic carbocycles. The number of nitrogens with zero attached hydrogens (tertiary/aromatic N) is 6. The summed E-state index contributed by atoms with van der Waals surface area (Å²) < 4.78 is 0. The second-order valence-electron chi connectivity index (χ2n) is 14.2. The van der Waals surface area contributed by atoms with Crippen LogP contribution in [0.1, 0.15) is 100 Å². The predicted molar refractivity (Wildman–Crippen MR) is 258 cm³/mol. The van der Waals surface area contributed by atoms with E-state index in [0.29, 0.717) is 0 Å². The van der Waals surface area contributed by atoms with Crippen molar-refractivity contribution in [2.45, 2.75) is 55.4 Å². The van der Waals surface area contributed by atoms with E-state index in [-0.39, 0.29) is 0 Å². The standard InChI is InChI=1S/C52H64N6/c1-9-55(10-2)45-29-17-41(18-30-45)25-37-49-50(38-26-42-19-31-46(32-20-42)56(11-3)12-4)54-52(40-28-44-23-35-48(36-24-44)58(15-7)16-8)51(53-49)39-27-43-21-33-47(34-22-43)57(13-5)14-6/h17-40H,9-16H2,1-8H3/b37-25+,38-26+,39-27+,40-28+. The summed E-state index contributed by atoms with van der Waals surface area (Å²) >= 11 is 0. The lowest BCUT2D eigenvalue weighted by atomic mass is 10.1. The highest BCUT2D eigenvalue weighted by Crippen LogP contribution is 2.24. The smallest absolute Gasteiger partial charge is 0.0894 e. The van der Waals surface area contributed by atoms with E-state index in [4.69, 9.17) is 9.97 Å². The van der Waals surface area contributed by atoms with Crippen LogP contribution in [0.3, 0.4) is 0 Å². The van der Waals surface area contributed by atoms with Crippen molar-refractivity contribution in [3.05, 3.63) is 142 Å². The average Bonchev–Trinajstić information content (AvgIpc) is 3.27. The molecule has 5 rings (SSSR count). The van der Waals surface area contributed by atoms with Gasteiger partial charge in [-0.15, -0.1) is 0 Å². The first-order chi connectivity index (χ1) is 28.4. The molecule has 0 bridgehead atoms. The molecule has 6 heteroatoms. The Morgan fingerprint density at radius 3 is 0.603 bits per heavy atom. The van der Waals surface area contributed by atoms with Gasteiger partial charge in [-0.3, -0.25) is 0 Å². The Morgan fingerprint density at radius 2 is 0.448 bits per heavy atom. The lowest BCUT2D eigenvalue weighted by Crippen LogP contribution is -2.21. The zero-order valence-electron chi connectivity index (χ0n) is 36.2. The van der Waals surface area contributed by atoms with Gasteiger partial charge in [-0.2, -0.15) is 0 Å². The zero-order valence-corrected chi connectivity index (χ0v) is 36.2. The molecule has 0 radical (unpaired) electrons. The fraction of sp³-hybridized carbons (Fsp3) is 0.308. The van der Waals surface area contributed by atoms with Gasteiger partial charge in [0.1, 0.15) is 0 Å². The van der Waals surface area contributed by atoms with Crippen molar-refractivity contribution in [2.24, 2.45) is 0 Å². The van der Waals surface area contributed by atoms with E-state index in [9.17, 15) is 0 Å². The summed E-state index contributed by atoms with van der Waals surface area (Å²) in [5.41, 5.74) is 12.6. The topological polar surface area (TPSA) is 38.7 Å². The molecule has 6 nitrogen and oxygen atoms in total. The molecule has 0 unspecified atom stereocenters. The monoisotopic (exact) mass is 773 g/mol. The first kappa shape index (κ1) is 43.2. The minimum absolute atomic E-state index is 0.807. The van der Waals surface area contributed by atoms with Crippen molar-refractivity contribution >= 4 is 71.4 Å². The maximum Gasteiger partial charge on any atom is 0.0894 e. The maximum absolute atomic E-state index is 5.32. The third-order valence-electron chi connectivity index (χ3n) is 10.8. The molecule has 302 valence electrons. The lowest BCUT2D eigenvalue weighted by molar-refractivity contribution is 0.866. The molecule has 0 saturated heterocycles. The summed E-state index contributed by atoms with van der Waals surface area (Å²) in [6, 6.07) is 35.0. The summed E-state index contributed by atoms with van der Waals surface area (Å²) in [6.45, 7) is 25.4. The molecule has 1 heterocycles. The molecule has 4 aromatic carbocycles. The second-order valence-corrected chi connectivity index (χ2v) is 14.2. The number of benzene rings is 4. The van der Waals surface area contributed by atoms with E-state index in [2.05, 4.69) is 221 Å². The van der Waals surface area contributed by atoms with Crippen molar-refractivity contribution in [3.63, 3.8) is 0 Å². The quantitative estimate of drug-likeness (QED) is 0.0784. The Morgan fingerprint density at radius 1 is 0.276 bits per heavy atom. The van der Waals surface area contributed by atoms with Gasteiger partial charge >= 0.3 is 0 Å². The molecular formula is C52H64N6. The Bertz CT molecular complexity index is 1790. The molecule has 5 aromatic rings. The van der Waals surface area contributed by atoms with Crippen LogP contribution in [0.25, 0.3) is 48.6 Å². The van der Waals surface area contributed by atoms with Gasteiger partial charge in [-0.25, -0.2) is 9.97 Å². The normalized spacial score (nSPS) is 11.7. The molecule has 0 saturated carbocycles. The summed E-state index contributed by atoms with van der Waals surface area (Å²) in [5.74, 6) is 0. The average molecular weight is 773 g/mol. The molecule has 0 atom stereocenters. The largest absolute Gasteiger partial charge is 0.372 e. The highest BCUT2D eigenvalue weighted by atomic mass is 15.1. The van der Waals surface area contributed by atoms with Gasteiger partial charge < -0.3 is 19.6 Å². The van der Waals surface area contributed by atoms with Crippen molar-refractivity contribution in [1.82, 2.24) is 9.97 Å². The number of hydrogen-bond acceptors (Lipinski definition) is 6. The van der Waals surface area contributed by atoms with E-state index in [1.807, 2.05) is 0 Å². The third kappa shape index (κ3) is 11.6. The summed E-state index contributed by atoms with van der Waals surface area (Å²) in [4.78, 5) is 20.1. The van der Waals surface area contributed by atoms with Crippen LogP contribution in [-0.2, 0) is 0 Å². The Kier molecular flexibility index (Phi) is 16.5. The molecule has 0 N–H and O–H groups in total. The SMILES string of the molecule is CCN(CC)c1ccc(/C=C/c2nc(/C=C/c3ccc(N(CC)CC)cc3)c(/C=C/c3ccc(N(CC)CC)cc3)nc2/C=C/c2ccc(N(CC)CC)cc2)cc1. The van der Waals surface area contributed by atoms with Crippen LogP contribution in [-0.4, -0.2) is 62.3 Å². The minimum atomic E-state index is 0.807. The fourth-order valence-corrected chi connectivity index (χ4v) is 7.22. The van der Waals surface area contributed by atoms with E-state index in [1.165, 1.54) is 22.7 Å². The molecule has 0 spiro atoms. The number of hydrogen-bond donors (Lipinski definition) is 0. The van der Waals surface area contributed by atoms with Crippen LogP contribution in [0.5, 0.6) is 0 Å². The van der Waals surface area contributed by atoms with Crippen molar-refractivity contribution in [3.8, 4) is 0 Å². The molecule has 0 aliphatic rings. The summed E-state index contributed by atoms with van der Waals surface area (Å²) in [5, 5.41) is 0. The van der Waals surface area contributed by atoms with Gasteiger partial charge in [0, 0.05) is 75.1 Å². The molecule has 1 aromatic heterocycles. The van der Waals surface area contributed by atoms with Gasteiger partial charge in [-0.1, -0.05) is 72.8 Å². The van der Waals surface area contributed by atoms with E-state index in [1.54, 1.807) is 0 Å².